The van der Waals surface area contributed by atoms with Crippen molar-refractivity contribution in [1.82, 2.24) is 10.6 Å². The minimum absolute atomic E-state index is 0.0890. The smallest absolute Gasteiger partial charge is 0.407 e. The van der Waals surface area contributed by atoms with Gasteiger partial charge in [0.2, 0.25) is 0 Å². The molecule has 0 aromatic heterocycles. The van der Waals surface area contributed by atoms with Gasteiger partial charge >= 0.3 is 6.09 Å². The van der Waals surface area contributed by atoms with Crippen molar-refractivity contribution in [2.45, 2.75) is 64.1 Å². The maximum Gasteiger partial charge on any atom is 0.407 e. The zero-order chi connectivity index (χ0) is 18.4. The Morgan fingerprint density at radius 1 is 1.08 bits per heavy atom. The molecule has 1 aliphatic rings. The van der Waals surface area contributed by atoms with Crippen molar-refractivity contribution in [2.75, 3.05) is 12.4 Å². The number of carbonyl (C=O) groups is 2. The van der Waals surface area contributed by atoms with Gasteiger partial charge in [-0.25, -0.2) is 4.79 Å². The lowest BCUT2D eigenvalue weighted by Crippen LogP contribution is -2.42. The summed E-state index contributed by atoms with van der Waals surface area (Å²) in [7, 11) is 1.63. The number of hydrogen-bond acceptors (Lipinski definition) is 4. The third kappa shape index (κ3) is 6.29. The van der Waals surface area contributed by atoms with Gasteiger partial charge in [0.25, 0.3) is 5.91 Å². The first-order chi connectivity index (χ1) is 11.8. The predicted molar refractivity (Wildman–Crippen MR) is 98.9 cm³/mol. The second-order valence-electron chi connectivity index (χ2n) is 7.50. The van der Waals surface area contributed by atoms with E-state index < -0.39 is 5.60 Å². The first-order valence-electron chi connectivity index (χ1n) is 8.85. The van der Waals surface area contributed by atoms with Crippen LogP contribution in [0.1, 0.15) is 56.8 Å². The lowest BCUT2D eigenvalue weighted by atomic mass is 9.91. The predicted octanol–water partition coefficient (Wildman–Crippen LogP) is 3.29. The highest BCUT2D eigenvalue weighted by atomic mass is 16.6. The van der Waals surface area contributed by atoms with E-state index in [9.17, 15) is 9.59 Å². The Kier molecular flexibility index (Phi) is 6.28. The van der Waals surface area contributed by atoms with Crippen LogP contribution in [0.4, 0.5) is 10.5 Å². The summed E-state index contributed by atoms with van der Waals surface area (Å²) in [4.78, 5) is 23.6. The van der Waals surface area contributed by atoms with Gasteiger partial charge in [0, 0.05) is 30.4 Å². The molecule has 138 valence electrons. The lowest BCUT2D eigenvalue weighted by Gasteiger charge is -2.31. The van der Waals surface area contributed by atoms with Gasteiger partial charge in [0.05, 0.1) is 0 Å². The van der Waals surface area contributed by atoms with Crippen molar-refractivity contribution in [3.05, 3.63) is 29.8 Å². The van der Waals surface area contributed by atoms with Gasteiger partial charge in [0.15, 0.2) is 0 Å². The summed E-state index contributed by atoms with van der Waals surface area (Å²) in [6.07, 6.45) is 3.40. The number of ether oxygens (including phenoxy) is 1. The zero-order valence-corrected chi connectivity index (χ0v) is 15.5. The second-order valence-corrected chi connectivity index (χ2v) is 7.50. The molecule has 1 fully saturated rings. The van der Waals surface area contributed by atoms with Gasteiger partial charge < -0.3 is 20.7 Å². The molecule has 0 spiro atoms. The zero-order valence-electron chi connectivity index (χ0n) is 15.5. The van der Waals surface area contributed by atoms with Gasteiger partial charge in [-0.05, 0) is 64.7 Å². The van der Waals surface area contributed by atoms with Crippen molar-refractivity contribution < 1.29 is 14.3 Å². The Hall–Kier alpha value is -2.24. The maximum absolute atomic E-state index is 11.8. The van der Waals surface area contributed by atoms with E-state index in [2.05, 4.69) is 16.0 Å². The van der Waals surface area contributed by atoms with Crippen LogP contribution in [-0.2, 0) is 4.74 Å². The van der Waals surface area contributed by atoms with E-state index in [-0.39, 0.29) is 18.0 Å². The molecule has 1 saturated carbocycles. The van der Waals surface area contributed by atoms with Crippen molar-refractivity contribution in [1.29, 1.82) is 0 Å². The van der Waals surface area contributed by atoms with Crippen LogP contribution >= 0.6 is 0 Å². The molecule has 1 aromatic rings. The molecule has 1 aliphatic carbocycles. The maximum atomic E-state index is 11.8. The highest BCUT2D eigenvalue weighted by molar-refractivity contribution is 5.94. The molecule has 2 rings (SSSR count). The number of anilines is 1. The van der Waals surface area contributed by atoms with Crippen molar-refractivity contribution in [3.8, 4) is 0 Å². The number of benzene rings is 1. The summed E-state index contributed by atoms with van der Waals surface area (Å²) in [5, 5.41) is 9.07. The number of nitrogens with one attached hydrogen (secondary N) is 3. The first kappa shape index (κ1) is 19.1. The Balaban J connectivity index is 1.81. The molecule has 0 atom stereocenters. The minimum Gasteiger partial charge on any atom is -0.444 e. The van der Waals surface area contributed by atoms with Crippen LogP contribution in [0.15, 0.2) is 24.3 Å². The van der Waals surface area contributed by atoms with Gasteiger partial charge in [0.1, 0.15) is 5.60 Å². The number of alkyl carbamates (subject to hydrolysis) is 1. The average molecular weight is 347 g/mol. The largest absolute Gasteiger partial charge is 0.444 e. The molecular weight excluding hydrogens is 318 g/mol. The van der Waals surface area contributed by atoms with Crippen LogP contribution in [-0.4, -0.2) is 36.7 Å². The third-order valence-electron chi connectivity index (χ3n) is 4.17. The summed E-state index contributed by atoms with van der Waals surface area (Å²) in [5.74, 6) is -0.0890. The van der Waals surface area contributed by atoms with E-state index in [0.717, 1.165) is 31.4 Å². The molecular formula is C19H29N3O3. The third-order valence-corrected chi connectivity index (χ3v) is 4.17. The summed E-state index contributed by atoms with van der Waals surface area (Å²) in [5.41, 5.74) is 1.12. The molecule has 1 aromatic carbocycles. The van der Waals surface area contributed by atoms with Crippen LogP contribution in [0.25, 0.3) is 0 Å². The van der Waals surface area contributed by atoms with E-state index in [1.54, 1.807) is 13.1 Å². The number of rotatable bonds is 4. The van der Waals surface area contributed by atoms with Gasteiger partial charge in [-0.2, -0.15) is 0 Å². The minimum atomic E-state index is -0.474. The summed E-state index contributed by atoms with van der Waals surface area (Å²) >= 11 is 0. The molecule has 0 saturated heterocycles. The van der Waals surface area contributed by atoms with E-state index in [1.165, 1.54) is 0 Å². The first-order valence-corrected chi connectivity index (χ1v) is 8.85. The van der Waals surface area contributed by atoms with Gasteiger partial charge in [-0.1, -0.05) is 6.07 Å². The van der Waals surface area contributed by atoms with E-state index in [4.69, 9.17) is 4.74 Å². The van der Waals surface area contributed by atoms with Gasteiger partial charge in [-0.15, -0.1) is 0 Å². The Morgan fingerprint density at radius 3 is 2.32 bits per heavy atom. The summed E-state index contributed by atoms with van der Waals surface area (Å²) in [6, 6.07) is 8.01. The SMILES string of the molecule is CNC(=O)c1cccc(NC2CCC(NC(=O)OC(C)(C)C)CC2)c1. The van der Waals surface area contributed by atoms with Crippen LogP contribution in [0, 0.1) is 0 Å². The highest BCUT2D eigenvalue weighted by Gasteiger charge is 2.24. The Bertz CT molecular complexity index is 602. The number of amides is 2. The number of hydrogen-bond donors (Lipinski definition) is 3. The lowest BCUT2D eigenvalue weighted by molar-refractivity contribution is 0.0492. The van der Waals surface area contributed by atoms with Crippen molar-refractivity contribution >= 4 is 17.7 Å². The molecule has 0 aliphatic heterocycles. The fourth-order valence-electron chi connectivity index (χ4n) is 2.99. The standard InChI is InChI=1S/C19H29N3O3/c1-19(2,3)25-18(24)22-15-10-8-14(9-11-15)21-16-7-5-6-13(12-16)17(23)20-4/h5-7,12,14-15,21H,8-11H2,1-4H3,(H,20,23)(H,22,24). The average Bonchev–Trinajstić information content (AvgIpc) is 2.54. The van der Waals surface area contributed by atoms with Gasteiger partial charge in [-0.3, -0.25) is 4.79 Å². The molecule has 6 heteroatoms. The monoisotopic (exact) mass is 347 g/mol. The highest BCUT2D eigenvalue weighted by Crippen LogP contribution is 2.23. The summed E-state index contributed by atoms with van der Waals surface area (Å²) in [6.45, 7) is 5.58. The molecule has 0 bridgehead atoms. The summed E-state index contributed by atoms with van der Waals surface area (Å²) < 4.78 is 5.31. The topological polar surface area (TPSA) is 79.5 Å². The molecule has 6 nitrogen and oxygen atoms in total. The van der Waals surface area contributed by atoms with Crippen molar-refractivity contribution in [2.24, 2.45) is 0 Å². The quantitative estimate of drug-likeness (QED) is 0.781. The van der Waals surface area contributed by atoms with Crippen molar-refractivity contribution in [3.63, 3.8) is 0 Å². The number of carbonyl (C=O) groups excluding carboxylic acids is 2. The molecule has 2 amide bonds. The van der Waals surface area contributed by atoms with E-state index >= 15 is 0 Å². The molecule has 3 N–H and O–H groups in total. The van der Waals surface area contributed by atoms with Crippen LogP contribution in [0.2, 0.25) is 0 Å². The molecule has 25 heavy (non-hydrogen) atoms. The Morgan fingerprint density at radius 2 is 1.72 bits per heavy atom. The van der Waals surface area contributed by atoms with Crippen LogP contribution in [0.3, 0.4) is 0 Å². The van der Waals surface area contributed by atoms with Crippen LogP contribution < -0.4 is 16.0 Å². The second kappa shape index (κ2) is 8.23. The Labute approximate surface area is 149 Å². The fourth-order valence-corrected chi connectivity index (χ4v) is 2.99. The van der Waals surface area contributed by atoms with Crippen LogP contribution in [0.5, 0.6) is 0 Å². The molecule has 0 radical (unpaired) electrons. The van der Waals surface area contributed by atoms with E-state index in [1.807, 2.05) is 39.0 Å². The molecule has 0 heterocycles. The normalized spacial score (nSPS) is 20.5. The van der Waals surface area contributed by atoms with E-state index in [0.29, 0.717) is 11.6 Å². The molecule has 0 unspecified atom stereocenters. The fraction of sp³-hybridized carbons (Fsp3) is 0.579.